The summed E-state index contributed by atoms with van der Waals surface area (Å²) in [6.45, 7) is 0. The van der Waals surface area contributed by atoms with Gasteiger partial charge in [-0.05, 0) is 22.8 Å². The zero-order chi connectivity index (χ0) is 8.43. The van der Waals surface area contributed by atoms with E-state index in [9.17, 15) is 4.21 Å². The summed E-state index contributed by atoms with van der Waals surface area (Å²) in [6, 6.07) is 2.80. The number of pyridine rings is 1. The van der Waals surface area contributed by atoms with Gasteiger partial charge in [0, 0.05) is 0 Å². The largest absolute Gasteiger partial charge is 0.237 e. The highest BCUT2D eigenvalue weighted by atomic mass is 35.7. The normalized spacial score (nSPS) is 13.0. The van der Waals surface area contributed by atoms with Crippen LogP contribution in [0.15, 0.2) is 17.0 Å². The quantitative estimate of drug-likeness (QED) is 0.548. The predicted molar refractivity (Wildman–Crippen MR) is 46.5 cm³/mol. The van der Waals surface area contributed by atoms with Crippen molar-refractivity contribution in [2.75, 3.05) is 0 Å². The summed E-state index contributed by atoms with van der Waals surface area (Å²) in [4.78, 5) is 4.01. The van der Waals surface area contributed by atoms with E-state index >= 15 is 0 Å². The first-order valence-electron chi connectivity index (χ1n) is 2.50. The van der Waals surface area contributed by atoms with Gasteiger partial charge in [-0.15, -0.1) is 0 Å². The van der Waals surface area contributed by atoms with E-state index < -0.39 is 10.0 Å². The molecule has 0 bridgehead atoms. The summed E-state index contributed by atoms with van der Waals surface area (Å²) < 4.78 is 10.7. The molecule has 0 saturated carbocycles. The number of aromatic nitrogens is 1. The van der Waals surface area contributed by atoms with Crippen molar-refractivity contribution < 1.29 is 4.21 Å². The number of rotatable bonds is 1. The molecule has 0 saturated heterocycles. The third-order valence-corrected chi connectivity index (χ3v) is 2.45. The van der Waals surface area contributed by atoms with Crippen LogP contribution >= 0.6 is 33.9 Å². The minimum atomic E-state index is -1.59. The van der Waals surface area contributed by atoms with Crippen molar-refractivity contribution in [3.8, 4) is 0 Å². The predicted octanol–water partition coefficient (Wildman–Crippen LogP) is 2.65. The van der Waals surface area contributed by atoms with Gasteiger partial charge in [-0.2, -0.15) is 0 Å². The molecule has 6 heteroatoms. The SMILES string of the molecule is O=S(Cl)c1cc(Cl)nc(Cl)c1. The van der Waals surface area contributed by atoms with Crippen molar-refractivity contribution >= 4 is 43.9 Å². The number of hydrogen-bond donors (Lipinski definition) is 0. The standard InChI is InChI=1S/C5H2Cl3NOS/c6-4-1-3(11(8)10)2-5(7)9-4/h1-2H. The Kier molecular flexibility index (Phi) is 3.13. The topological polar surface area (TPSA) is 30.0 Å². The smallest absolute Gasteiger partial charge is 0.147 e. The van der Waals surface area contributed by atoms with Crippen molar-refractivity contribution in [1.29, 1.82) is 0 Å². The van der Waals surface area contributed by atoms with Crippen molar-refractivity contribution in [3.05, 3.63) is 22.4 Å². The van der Waals surface area contributed by atoms with Crippen LogP contribution < -0.4 is 0 Å². The summed E-state index contributed by atoms with van der Waals surface area (Å²) >= 11 is 11.0. The summed E-state index contributed by atoms with van der Waals surface area (Å²) in [5.74, 6) is 0. The van der Waals surface area contributed by atoms with Crippen LogP contribution in [-0.2, 0) is 10.0 Å². The van der Waals surface area contributed by atoms with E-state index in [1.807, 2.05) is 0 Å². The molecule has 2 nitrogen and oxygen atoms in total. The van der Waals surface area contributed by atoms with Gasteiger partial charge >= 0.3 is 0 Å². The molecule has 1 aromatic heterocycles. The molecule has 60 valence electrons. The second kappa shape index (κ2) is 3.72. The van der Waals surface area contributed by atoms with E-state index in [0.717, 1.165) is 0 Å². The van der Waals surface area contributed by atoms with Gasteiger partial charge < -0.3 is 0 Å². The Balaban J connectivity index is 3.19. The van der Waals surface area contributed by atoms with Crippen molar-refractivity contribution in [2.45, 2.75) is 4.90 Å². The van der Waals surface area contributed by atoms with Crippen LogP contribution in [0, 0.1) is 0 Å². The molecule has 1 atom stereocenters. The maximum Gasteiger partial charge on any atom is 0.147 e. The second-order valence-corrected chi connectivity index (χ2v) is 4.21. The summed E-state index contributed by atoms with van der Waals surface area (Å²) in [5, 5.41) is 0.364. The molecule has 1 unspecified atom stereocenters. The van der Waals surface area contributed by atoms with Crippen LogP contribution in [0.25, 0.3) is 0 Å². The van der Waals surface area contributed by atoms with Crippen molar-refractivity contribution in [1.82, 2.24) is 4.98 Å². The zero-order valence-corrected chi connectivity index (χ0v) is 8.14. The Morgan fingerprint density at radius 2 is 1.73 bits per heavy atom. The molecule has 0 aliphatic rings. The molecule has 0 aliphatic carbocycles. The lowest BCUT2D eigenvalue weighted by Gasteiger charge is -1.95. The van der Waals surface area contributed by atoms with Gasteiger partial charge in [0.2, 0.25) is 0 Å². The van der Waals surface area contributed by atoms with E-state index in [1.54, 1.807) is 0 Å². The van der Waals surface area contributed by atoms with Crippen molar-refractivity contribution in [3.63, 3.8) is 0 Å². The summed E-state index contributed by atoms with van der Waals surface area (Å²) in [5.41, 5.74) is 0. The fraction of sp³-hybridized carbons (Fsp3) is 0. The molecule has 0 aromatic carbocycles. The molecule has 0 N–H and O–H groups in total. The minimum Gasteiger partial charge on any atom is -0.237 e. The Morgan fingerprint density at radius 1 is 1.27 bits per heavy atom. The van der Waals surface area contributed by atoms with Crippen LogP contribution in [0.5, 0.6) is 0 Å². The highest BCUT2D eigenvalue weighted by molar-refractivity contribution is 8.08. The lowest BCUT2D eigenvalue weighted by atomic mass is 10.5. The molecule has 0 amide bonds. The summed E-state index contributed by atoms with van der Waals surface area (Å²) in [6.07, 6.45) is 0. The van der Waals surface area contributed by atoms with Gasteiger partial charge in [0.15, 0.2) is 0 Å². The maximum absolute atomic E-state index is 10.7. The van der Waals surface area contributed by atoms with E-state index in [1.165, 1.54) is 12.1 Å². The fourth-order valence-electron chi connectivity index (χ4n) is 0.536. The van der Waals surface area contributed by atoms with Crippen LogP contribution in [-0.4, -0.2) is 9.19 Å². The highest BCUT2D eigenvalue weighted by Crippen LogP contribution is 2.18. The van der Waals surface area contributed by atoms with Crippen LogP contribution in [0.2, 0.25) is 10.3 Å². The zero-order valence-electron chi connectivity index (χ0n) is 5.05. The molecule has 1 rings (SSSR count). The van der Waals surface area contributed by atoms with Gasteiger partial charge in [0.25, 0.3) is 0 Å². The van der Waals surface area contributed by atoms with E-state index in [4.69, 9.17) is 33.9 Å². The van der Waals surface area contributed by atoms with Gasteiger partial charge in [-0.25, -0.2) is 9.19 Å². The van der Waals surface area contributed by atoms with Crippen LogP contribution in [0.3, 0.4) is 0 Å². The number of hydrogen-bond acceptors (Lipinski definition) is 2. The average Bonchev–Trinajstić information content (AvgIpc) is 1.85. The highest BCUT2D eigenvalue weighted by Gasteiger charge is 2.03. The van der Waals surface area contributed by atoms with E-state index in [2.05, 4.69) is 4.98 Å². The Bertz CT molecular complexity index is 284. The van der Waals surface area contributed by atoms with E-state index in [-0.39, 0.29) is 10.3 Å². The Hall–Kier alpha value is 0.170. The lowest BCUT2D eigenvalue weighted by Crippen LogP contribution is -1.84. The Morgan fingerprint density at radius 3 is 2.09 bits per heavy atom. The van der Waals surface area contributed by atoms with Gasteiger partial charge in [-0.1, -0.05) is 23.2 Å². The third-order valence-electron chi connectivity index (χ3n) is 0.922. The monoisotopic (exact) mass is 229 g/mol. The minimum absolute atomic E-state index is 0.182. The fourth-order valence-corrected chi connectivity index (χ4v) is 1.80. The molecular weight excluding hydrogens is 228 g/mol. The molecule has 0 spiro atoms. The van der Waals surface area contributed by atoms with E-state index in [0.29, 0.717) is 4.90 Å². The lowest BCUT2D eigenvalue weighted by molar-refractivity contribution is 0.691. The van der Waals surface area contributed by atoms with Gasteiger partial charge in [-0.3, -0.25) is 0 Å². The third kappa shape index (κ3) is 2.60. The number of halogens is 3. The Labute approximate surface area is 80.4 Å². The molecule has 1 heterocycles. The second-order valence-electron chi connectivity index (χ2n) is 1.67. The maximum atomic E-state index is 10.7. The average molecular weight is 231 g/mol. The molecule has 0 aliphatic heterocycles. The first kappa shape index (κ1) is 9.26. The first-order valence-corrected chi connectivity index (χ1v) is 5.24. The number of nitrogens with zero attached hydrogens (tertiary/aromatic N) is 1. The molecule has 0 radical (unpaired) electrons. The molecule has 0 fully saturated rings. The van der Waals surface area contributed by atoms with Gasteiger partial charge in [0.05, 0.1) is 4.90 Å². The summed E-state index contributed by atoms with van der Waals surface area (Å²) in [7, 11) is 3.69. The first-order chi connectivity index (χ1) is 5.09. The molecule has 1 aromatic rings. The molecule has 11 heavy (non-hydrogen) atoms. The molecular formula is C5H2Cl3NOS. The van der Waals surface area contributed by atoms with Gasteiger partial charge in [0.1, 0.15) is 20.3 Å². The van der Waals surface area contributed by atoms with Crippen LogP contribution in [0.1, 0.15) is 0 Å². The van der Waals surface area contributed by atoms with Crippen molar-refractivity contribution in [2.24, 2.45) is 0 Å². The van der Waals surface area contributed by atoms with Crippen LogP contribution in [0.4, 0.5) is 0 Å².